The van der Waals surface area contributed by atoms with Gasteiger partial charge in [-0.2, -0.15) is 0 Å². The molecule has 0 unspecified atom stereocenters. The largest absolute Gasteiger partial charge is 0.494 e. The molecule has 78 valence electrons. The second-order valence-corrected chi connectivity index (χ2v) is 3.47. The summed E-state index contributed by atoms with van der Waals surface area (Å²) in [6.07, 6.45) is -1.51. The highest BCUT2D eigenvalue weighted by molar-refractivity contribution is 9.10. The molecule has 1 heterocycles. The molecular formula is C8H7BrClF2NO. The highest BCUT2D eigenvalue weighted by Crippen LogP contribution is 2.34. The summed E-state index contributed by atoms with van der Waals surface area (Å²) < 4.78 is 30.3. The Morgan fingerprint density at radius 2 is 2.29 bits per heavy atom. The molecule has 0 saturated heterocycles. The molecule has 1 aromatic rings. The fraction of sp³-hybridized carbons (Fsp3) is 0.375. The van der Waals surface area contributed by atoms with Crippen LogP contribution in [0.4, 0.5) is 8.78 Å². The zero-order valence-corrected chi connectivity index (χ0v) is 9.57. The van der Waals surface area contributed by atoms with E-state index in [1.807, 2.05) is 0 Å². The fourth-order valence-corrected chi connectivity index (χ4v) is 1.83. The number of hydrogen-bond acceptors (Lipinski definition) is 2. The number of halogens is 4. The van der Waals surface area contributed by atoms with Crippen LogP contribution in [0, 0.1) is 0 Å². The Kier molecular flexibility index (Phi) is 4.07. The van der Waals surface area contributed by atoms with Crippen molar-refractivity contribution in [1.29, 1.82) is 0 Å². The van der Waals surface area contributed by atoms with E-state index in [1.165, 1.54) is 7.11 Å². The van der Waals surface area contributed by atoms with Crippen LogP contribution >= 0.6 is 27.5 Å². The van der Waals surface area contributed by atoms with Gasteiger partial charge < -0.3 is 4.74 Å². The predicted molar refractivity (Wildman–Crippen MR) is 53.0 cm³/mol. The van der Waals surface area contributed by atoms with E-state index in [0.29, 0.717) is 4.60 Å². The summed E-state index contributed by atoms with van der Waals surface area (Å²) >= 11 is 8.66. The molecule has 14 heavy (non-hydrogen) atoms. The number of pyridine rings is 1. The lowest BCUT2D eigenvalue weighted by molar-refractivity contribution is 0.149. The first kappa shape index (κ1) is 11.7. The van der Waals surface area contributed by atoms with Crippen molar-refractivity contribution in [3.8, 4) is 5.75 Å². The van der Waals surface area contributed by atoms with Crippen LogP contribution in [0.5, 0.6) is 5.75 Å². The van der Waals surface area contributed by atoms with E-state index in [-0.39, 0.29) is 22.8 Å². The Hall–Kier alpha value is -0.420. The second-order valence-electron chi connectivity index (χ2n) is 2.45. The Morgan fingerprint density at radius 3 is 2.71 bits per heavy atom. The minimum atomic E-state index is -2.60. The third-order valence-electron chi connectivity index (χ3n) is 1.70. The van der Waals surface area contributed by atoms with E-state index >= 15 is 0 Å². The number of nitrogens with zero attached hydrogens (tertiary/aromatic N) is 1. The van der Waals surface area contributed by atoms with Crippen molar-refractivity contribution < 1.29 is 13.5 Å². The summed E-state index contributed by atoms with van der Waals surface area (Å²) in [4.78, 5) is 3.73. The lowest BCUT2D eigenvalue weighted by atomic mass is 10.1. The topological polar surface area (TPSA) is 22.1 Å². The van der Waals surface area contributed by atoms with Crippen molar-refractivity contribution in [2.75, 3.05) is 7.11 Å². The van der Waals surface area contributed by atoms with Crippen LogP contribution in [-0.4, -0.2) is 12.1 Å². The maximum Gasteiger partial charge on any atom is 0.265 e. The number of rotatable bonds is 3. The van der Waals surface area contributed by atoms with E-state index in [1.54, 1.807) is 0 Å². The summed E-state index contributed by atoms with van der Waals surface area (Å²) in [5.74, 6) is 0.224. The lowest BCUT2D eigenvalue weighted by Crippen LogP contribution is -1.99. The Bertz CT molecular complexity index is 335. The van der Waals surface area contributed by atoms with Gasteiger partial charge in [0.25, 0.3) is 6.43 Å². The van der Waals surface area contributed by atoms with Gasteiger partial charge in [0.05, 0.1) is 13.0 Å². The molecule has 0 atom stereocenters. The highest BCUT2D eigenvalue weighted by Gasteiger charge is 2.19. The quantitative estimate of drug-likeness (QED) is 0.626. The molecule has 1 rings (SSSR count). The molecule has 0 amide bonds. The molecule has 0 aliphatic heterocycles. The average Bonchev–Trinajstić information content (AvgIpc) is 2.16. The van der Waals surface area contributed by atoms with E-state index in [9.17, 15) is 8.78 Å². The first-order valence-electron chi connectivity index (χ1n) is 3.67. The summed E-state index contributed by atoms with van der Waals surface area (Å²) in [5, 5.41) is 0. The molecule has 1 aromatic heterocycles. The van der Waals surface area contributed by atoms with Gasteiger partial charge in [0.15, 0.2) is 5.75 Å². The molecular weight excluding hydrogens is 279 g/mol. The molecule has 0 aliphatic carbocycles. The maximum atomic E-state index is 12.5. The van der Waals surface area contributed by atoms with Gasteiger partial charge >= 0.3 is 0 Å². The van der Waals surface area contributed by atoms with Gasteiger partial charge in [-0.15, -0.1) is 11.6 Å². The van der Waals surface area contributed by atoms with Gasteiger partial charge in [0.2, 0.25) is 0 Å². The maximum absolute atomic E-state index is 12.5. The minimum Gasteiger partial charge on any atom is -0.494 e. The highest BCUT2D eigenvalue weighted by atomic mass is 79.9. The molecule has 2 nitrogen and oxygen atoms in total. The normalized spacial score (nSPS) is 10.7. The molecule has 0 N–H and O–H groups in total. The van der Waals surface area contributed by atoms with Crippen molar-refractivity contribution in [1.82, 2.24) is 4.98 Å². The van der Waals surface area contributed by atoms with Gasteiger partial charge in [-0.25, -0.2) is 13.8 Å². The van der Waals surface area contributed by atoms with Crippen LogP contribution in [0.1, 0.15) is 17.6 Å². The fourth-order valence-electron chi connectivity index (χ4n) is 1.05. The van der Waals surface area contributed by atoms with Gasteiger partial charge in [0, 0.05) is 17.3 Å². The zero-order valence-electron chi connectivity index (χ0n) is 7.23. The first-order chi connectivity index (χ1) is 6.61. The van der Waals surface area contributed by atoms with Gasteiger partial charge in [0.1, 0.15) is 4.60 Å². The smallest absolute Gasteiger partial charge is 0.265 e. The average molecular weight is 287 g/mol. The van der Waals surface area contributed by atoms with Crippen molar-refractivity contribution in [2.24, 2.45) is 0 Å². The Balaban J connectivity index is 3.33. The Morgan fingerprint density at radius 1 is 1.64 bits per heavy atom. The minimum absolute atomic E-state index is 0.0377. The summed E-state index contributed by atoms with van der Waals surface area (Å²) in [6, 6.07) is 0. The van der Waals surface area contributed by atoms with Crippen molar-refractivity contribution >= 4 is 27.5 Å². The molecule has 0 fully saturated rings. The summed E-state index contributed by atoms with van der Waals surface area (Å²) in [5.41, 5.74) is 0.0751. The van der Waals surface area contributed by atoms with Crippen LogP contribution < -0.4 is 4.74 Å². The molecule has 6 heteroatoms. The predicted octanol–water partition coefficient (Wildman–Crippen LogP) is 3.53. The number of alkyl halides is 3. The molecule has 0 spiro atoms. The molecule has 0 saturated carbocycles. The van der Waals surface area contributed by atoms with Crippen molar-refractivity contribution in [3.05, 3.63) is 21.9 Å². The van der Waals surface area contributed by atoms with Crippen LogP contribution in [0.25, 0.3) is 0 Å². The van der Waals surface area contributed by atoms with Gasteiger partial charge in [-0.3, -0.25) is 0 Å². The van der Waals surface area contributed by atoms with Crippen LogP contribution in [-0.2, 0) is 5.88 Å². The van der Waals surface area contributed by atoms with Crippen molar-refractivity contribution in [3.63, 3.8) is 0 Å². The van der Waals surface area contributed by atoms with E-state index in [0.717, 1.165) is 6.20 Å². The SMILES string of the molecule is COc1c(Br)ncc(C(F)F)c1CCl. The van der Waals surface area contributed by atoms with Crippen LogP contribution in [0.15, 0.2) is 10.8 Å². The lowest BCUT2D eigenvalue weighted by Gasteiger charge is -2.11. The standard InChI is InChI=1S/C8H7BrClF2NO/c1-14-6-4(2-10)5(8(11)12)3-13-7(6)9/h3,8H,2H2,1H3. The number of aromatic nitrogens is 1. The second kappa shape index (κ2) is 4.89. The number of methoxy groups -OCH3 is 1. The van der Waals surface area contributed by atoms with Crippen LogP contribution in [0.2, 0.25) is 0 Å². The Labute approximate surface area is 93.4 Å². The number of ether oxygens (including phenoxy) is 1. The number of hydrogen-bond donors (Lipinski definition) is 0. The van der Waals surface area contributed by atoms with Crippen molar-refractivity contribution in [2.45, 2.75) is 12.3 Å². The van der Waals surface area contributed by atoms with Gasteiger partial charge in [-0.1, -0.05) is 0 Å². The molecule has 0 aromatic carbocycles. The zero-order chi connectivity index (χ0) is 10.7. The van der Waals surface area contributed by atoms with Crippen LogP contribution in [0.3, 0.4) is 0 Å². The monoisotopic (exact) mass is 285 g/mol. The van der Waals surface area contributed by atoms with E-state index in [2.05, 4.69) is 20.9 Å². The summed E-state index contributed by atoms with van der Waals surface area (Å²) in [7, 11) is 1.38. The molecule has 0 bridgehead atoms. The third-order valence-corrected chi connectivity index (χ3v) is 2.53. The third kappa shape index (κ3) is 2.15. The molecule has 0 aliphatic rings. The van der Waals surface area contributed by atoms with E-state index in [4.69, 9.17) is 16.3 Å². The summed E-state index contributed by atoms with van der Waals surface area (Å²) in [6.45, 7) is 0. The molecule has 0 radical (unpaired) electrons. The van der Waals surface area contributed by atoms with E-state index < -0.39 is 6.43 Å². The van der Waals surface area contributed by atoms with Gasteiger partial charge in [-0.05, 0) is 15.9 Å². The first-order valence-corrected chi connectivity index (χ1v) is 5.00.